The van der Waals surface area contributed by atoms with Gasteiger partial charge in [0, 0.05) is 0 Å². The van der Waals surface area contributed by atoms with E-state index in [1.807, 2.05) is 5.73 Å². The molecule has 0 amide bonds. The van der Waals surface area contributed by atoms with Crippen molar-refractivity contribution < 1.29 is 15.0 Å². The third-order valence-corrected chi connectivity index (χ3v) is 0.281. The number of hydrogen-bond donors (Lipinski definition) is 2. The molecule has 2 N–H and O–H groups in total. The van der Waals surface area contributed by atoms with E-state index in [1.54, 1.807) is 0 Å². The van der Waals surface area contributed by atoms with E-state index in [2.05, 4.69) is 0 Å². The summed E-state index contributed by atoms with van der Waals surface area (Å²) in [6.07, 6.45) is 1.24. The van der Waals surface area contributed by atoms with Gasteiger partial charge in [0.05, 0.1) is 6.08 Å². The van der Waals surface area contributed by atoms with Crippen LogP contribution in [0.3, 0.4) is 0 Å². The van der Waals surface area contributed by atoms with E-state index in [4.69, 9.17) is 10.2 Å². The van der Waals surface area contributed by atoms with Crippen LogP contribution in [0.5, 0.6) is 0 Å². The summed E-state index contributed by atoms with van der Waals surface area (Å²) in [5, 5.41) is 15.6. The topological polar surface area (TPSA) is 57.5 Å². The SMILES string of the molecule is O=C(O)C=C=CO. The predicted octanol–water partition coefficient (Wildman–Crippen LogP) is 0.298. The van der Waals surface area contributed by atoms with Gasteiger partial charge in [-0.2, -0.15) is 0 Å². The number of carbonyl (C=O) groups is 1. The van der Waals surface area contributed by atoms with Crippen LogP contribution in [0.1, 0.15) is 0 Å². The summed E-state index contributed by atoms with van der Waals surface area (Å²) in [7, 11) is 0. The number of rotatable bonds is 1. The zero-order valence-electron chi connectivity index (χ0n) is 3.46. The van der Waals surface area contributed by atoms with Crippen molar-refractivity contribution in [1.82, 2.24) is 0 Å². The smallest absolute Gasteiger partial charge is 0.336 e. The first-order chi connectivity index (χ1) is 3.27. The molecule has 7 heavy (non-hydrogen) atoms. The van der Waals surface area contributed by atoms with Gasteiger partial charge in [-0.05, 0) is 0 Å². The van der Waals surface area contributed by atoms with Crippen molar-refractivity contribution in [3.63, 3.8) is 0 Å². The van der Waals surface area contributed by atoms with Crippen molar-refractivity contribution in [3.05, 3.63) is 18.1 Å². The lowest BCUT2D eigenvalue weighted by molar-refractivity contribution is -0.131. The summed E-state index contributed by atoms with van der Waals surface area (Å²) in [4.78, 5) is 9.51. The third kappa shape index (κ3) is 4.79. The summed E-state index contributed by atoms with van der Waals surface area (Å²) in [6.45, 7) is 0. The highest BCUT2D eigenvalue weighted by Gasteiger charge is 1.77. The third-order valence-electron chi connectivity index (χ3n) is 0.281. The number of carboxylic acids is 1. The number of hydrogen-bond acceptors (Lipinski definition) is 2. The Bertz CT molecular complexity index is 119. The van der Waals surface area contributed by atoms with Gasteiger partial charge in [-0.15, -0.1) is 0 Å². The van der Waals surface area contributed by atoms with Crippen LogP contribution < -0.4 is 0 Å². The van der Waals surface area contributed by atoms with E-state index >= 15 is 0 Å². The molecule has 0 aromatic carbocycles. The summed E-state index contributed by atoms with van der Waals surface area (Å²) < 4.78 is 0. The van der Waals surface area contributed by atoms with E-state index < -0.39 is 5.97 Å². The Balaban J connectivity index is 3.70. The second-order valence-corrected chi connectivity index (χ2v) is 0.778. The molecule has 0 aromatic heterocycles. The van der Waals surface area contributed by atoms with Crippen LogP contribution in [0, 0.1) is 0 Å². The number of carboxylic acid groups (broad SMARTS) is 1. The number of aliphatic carboxylic acids is 1. The van der Waals surface area contributed by atoms with Gasteiger partial charge >= 0.3 is 5.97 Å². The highest BCUT2D eigenvalue weighted by Crippen LogP contribution is 1.62. The predicted molar refractivity (Wildman–Crippen MR) is 22.9 cm³/mol. The molecular formula is C4H4O3. The number of aliphatic hydroxyl groups is 1. The maximum absolute atomic E-state index is 9.51. The molecule has 0 rings (SSSR count). The average Bonchev–Trinajstić information content (AvgIpc) is 1.61. The van der Waals surface area contributed by atoms with E-state index in [0.29, 0.717) is 12.3 Å². The van der Waals surface area contributed by atoms with Gasteiger partial charge in [0.1, 0.15) is 6.26 Å². The van der Waals surface area contributed by atoms with E-state index in [-0.39, 0.29) is 0 Å². The van der Waals surface area contributed by atoms with E-state index in [9.17, 15) is 4.79 Å². The lowest BCUT2D eigenvalue weighted by atomic mass is 10.6. The molecular weight excluding hydrogens is 96.0 g/mol. The van der Waals surface area contributed by atoms with Crippen LogP contribution in [-0.4, -0.2) is 16.2 Å². The minimum absolute atomic E-state index is 0.536. The van der Waals surface area contributed by atoms with Crippen molar-refractivity contribution in [2.24, 2.45) is 0 Å². The maximum atomic E-state index is 9.51. The molecule has 0 atom stereocenters. The molecule has 0 unspecified atom stereocenters. The van der Waals surface area contributed by atoms with Gasteiger partial charge in [-0.3, -0.25) is 0 Å². The van der Waals surface area contributed by atoms with Crippen LogP contribution >= 0.6 is 0 Å². The molecule has 0 saturated carbocycles. The van der Waals surface area contributed by atoms with Gasteiger partial charge in [0.25, 0.3) is 0 Å². The van der Waals surface area contributed by atoms with Crippen molar-refractivity contribution in [2.45, 2.75) is 0 Å². The second kappa shape index (κ2) is 3.00. The van der Waals surface area contributed by atoms with Gasteiger partial charge in [-0.25, -0.2) is 4.79 Å². The molecule has 0 aromatic rings. The standard InChI is InChI=1S/C4H4O3/c5-3-1-2-4(6)7/h2-3,5H,(H,6,7). The molecule has 0 aliphatic rings. The highest BCUT2D eigenvalue weighted by molar-refractivity contribution is 5.79. The van der Waals surface area contributed by atoms with Crippen molar-refractivity contribution in [3.8, 4) is 0 Å². The fraction of sp³-hybridized carbons (Fsp3) is 0. The molecule has 0 aliphatic heterocycles. The molecule has 0 saturated heterocycles. The lowest BCUT2D eigenvalue weighted by Crippen LogP contribution is -1.83. The molecule has 0 heterocycles. The largest absolute Gasteiger partial charge is 0.507 e. The summed E-state index contributed by atoms with van der Waals surface area (Å²) in [5.41, 5.74) is 1.95. The van der Waals surface area contributed by atoms with Gasteiger partial charge in [-0.1, -0.05) is 5.73 Å². The minimum atomic E-state index is -1.12. The molecule has 0 radical (unpaired) electrons. The Morgan fingerprint density at radius 2 is 2.29 bits per heavy atom. The van der Waals surface area contributed by atoms with E-state index in [1.165, 1.54) is 0 Å². The van der Waals surface area contributed by atoms with Crippen molar-refractivity contribution in [1.29, 1.82) is 0 Å². The molecule has 38 valence electrons. The van der Waals surface area contributed by atoms with Crippen molar-refractivity contribution in [2.75, 3.05) is 0 Å². The normalized spacial score (nSPS) is 6.29. The first-order valence-corrected chi connectivity index (χ1v) is 1.55. The summed E-state index contributed by atoms with van der Waals surface area (Å²) in [6, 6.07) is 0. The first-order valence-electron chi connectivity index (χ1n) is 1.55. The lowest BCUT2D eigenvalue weighted by Gasteiger charge is -1.66. The minimum Gasteiger partial charge on any atom is -0.507 e. The Morgan fingerprint density at radius 3 is 2.43 bits per heavy atom. The van der Waals surface area contributed by atoms with E-state index in [0.717, 1.165) is 0 Å². The summed E-state index contributed by atoms with van der Waals surface area (Å²) >= 11 is 0. The zero-order chi connectivity index (χ0) is 5.70. The Morgan fingerprint density at radius 1 is 1.71 bits per heavy atom. The van der Waals surface area contributed by atoms with Gasteiger partial charge < -0.3 is 10.2 Å². The monoisotopic (exact) mass is 100 g/mol. The Kier molecular flexibility index (Phi) is 2.48. The maximum Gasteiger partial charge on any atom is 0.336 e. The summed E-state index contributed by atoms with van der Waals surface area (Å²) in [5.74, 6) is -1.12. The van der Waals surface area contributed by atoms with Crippen LogP contribution in [0.25, 0.3) is 0 Å². The molecule has 0 aliphatic carbocycles. The molecule has 0 fully saturated rings. The second-order valence-electron chi connectivity index (χ2n) is 0.778. The molecule has 0 bridgehead atoms. The fourth-order valence-electron chi connectivity index (χ4n) is 0.109. The van der Waals surface area contributed by atoms with Gasteiger partial charge in [0.2, 0.25) is 0 Å². The average molecular weight is 100 g/mol. The first kappa shape index (κ1) is 5.79. The Labute approximate surface area is 40.2 Å². The molecule has 3 heteroatoms. The highest BCUT2D eigenvalue weighted by atomic mass is 16.4. The quantitative estimate of drug-likeness (QED) is 0.283. The Hall–Kier alpha value is -1.21. The molecule has 0 spiro atoms. The van der Waals surface area contributed by atoms with Crippen LogP contribution in [0.4, 0.5) is 0 Å². The fourth-order valence-corrected chi connectivity index (χ4v) is 0.109. The zero-order valence-corrected chi connectivity index (χ0v) is 3.46. The van der Waals surface area contributed by atoms with Crippen molar-refractivity contribution >= 4 is 5.97 Å². The molecule has 3 nitrogen and oxygen atoms in total. The van der Waals surface area contributed by atoms with Gasteiger partial charge in [0.15, 0.2) is 0 Å². The van der Waals surface area contributed by atoms with Crippen LogP contribution in [0.2, 0.25) is 0 Å². The van der Waals surface area contributed by atoms with Crippen LogP contribution in [0.15, 0.2) is 18.1 Å². The van der Waals surface area contributed by atoms with Crippen LogP contribution in [-0.2, 0) is 4.79 Å². The number of aliphatic hydroxyl groups excluding tert-OH is 1.